The Kier molecular flexibility index (Phi) is 4.21. The Balaban J connectivity index is 1.50. The lowest BCUT2D eigenvalue weighted by Crippen LogP contribution is -2.21. The molecule has 27 heavy (non-hydrogen) atoms. The molecule has 0 saturated heterocycles. The van der Waals surface area contributed by atoms with Gasteiger partial charge < -0.3 is 16.5 Å². The van der Waals surface area contributed by atoms with Crippen LogP contribution < -0.4 is 11.5 Å². The molecule has 0 unspecified atom stereocenters. The summed E-state index contributed by atoms with van der Waals surface area (Å²) in [6.07, 6.45) is 6.33. The van der Waals surface area contributed by atoms with Crippen LogP contribution in [0.1, 0.15) is 53.6 Å². The molecule has 3 aromatic rings. The third-order valence-electron chi connectivity index (χ3n) is 6.24. The highest BCUT2D eigenvalue weighted by molar-refractivity contribution is 5.74. The van der Waals surface area contributed by atoms with E-state index in [9.17, 15) is 0 Å². The summed E-state index contributed by atoms with van der Waals surface area (Å²) in [5.74, 6) is 2.37. The molecule has 0 amide bonds. The summed E-state index contributed by atoms with van der Waals surface area (Å²) in [5.41, 5.74) is 19.3. The van der Waals surface area contributed by atoms with Crippen LogP contribution in [0, 0.1) is 11.8 Å². The number of para-hydroxylation sites is 2. The lowest BCUT2D eigenvalue weighted by atomic mass is 9.89. The first-order valence-electron chi connectivity index (χ1n) is 10.1. The van der Waals surface area contributed by atoms with E-state index < -0.39 is 0 Å². The smallest absolute Gasteiger partial charge is 0.113 e. The number of rotatable bonds is 5. The van der Waals surface area contributed by atoms with Crippen molar-refractivity contribution in [2.75, 3.05) is 6.54 Å². The fourth-order valence-electron chi connectivity index (χ4n) is 4.54. The average Bonchev–Trinajstić information content (AvgIpc) is 3.30. The average molecular weight is 361 g/mol. The number of aromatic nitrogens is 3. The minimum absolute atomic E-state index is 0.0648. The van der Waals surface area contributed by atoms with Crippen LogP contribution in [0.25, 0.3) is 11.0 Å². The number of aromatic amines is 1. The van der Waals surface area contributed by atoms with Gasteiger partial charge in [0.2, 0.25) is 0 Å². The van der Waals surface area contributed by atoms with Crippen molar-refractivity contribution in [3.8, 4) is 0 Å². The molecule has 0 radical (unpaired) electrons. The van der Waals surface area contributed by atoms with Gasteiger partial charge in [-0.2, -0.15) is 0 Å². The minimum Gasteiger partial charge on any atom is -0.342 e. The van der Waals surface area contributed by atoms with Gasteiger partial charge in [0.15, 0.2) is 0 Å². The predicted octanol–water partition coefficient (Wildman–Crippen LogP) is 3.02. The summed E-state index contributed by atoms with van der Waals surface area (Å²) in [6, 6.07) is 10.6. The topological polar surface area (TPSA) is 93.6 Å². The second-order valence-corrected chi connectivity index (χ2v) is 8.21. The molecule has 1 fully saturated rings. The van der Waals surface area contributed by atoms with Gasteiger partial charge in [0.1, 0.15) is 5.82 Å². The second-order valence-electron chi connectivity index (χ2n) is 8.21. The molecule has 140 valence electrons. The molecule has 1 saturated carbocycles. The molecular formula is C22H27N5. The van der Waals surface area contributed by atoms with Gasteiger partial charge in [-0.3, -0.25) is 4.98 Å². The van der Waals surface area contributed by atoms with E-state index in [4.69, 9.17) is 21.4 Å². The van der Waals surface area contributed by atoms with Crippen LogP contribution in [-0.2, 0) is 19.3 Å². The van der Waals surface area contributed by atoms with Crippen molar-refractivity contribution in [2.45, 2.75) is 44.6 Å². The lowest BCUT2D eigenvalue weighted by Gasteiger charge is -2.23. The van der Waals surface area contributed by atoms with Gasteiger partial charge in [0.05, 0.1) is 22.4 Å². The van der Waals surface area contributed by atoms with Crippen LogP contribution in [-0.4, -0.2) is 21.5 Å². The van der Waals surface area contributed by atoms with Gasteiger partial charge in [-0.25, -0.2) is 4.98 Å². The van der Waals surface area contributed by atoms with Crippen LogP contribution >= 0.6 is 0 Å². The van der Waals surface area contributed by atoms with E-state index in [-0.39, 0.29) is 6.04 Å². The fourth-order valence-corrected chi connectivity index (χ4v) is 4.54. The Morgan fingerprint density at radius 2 is 2.04 bits per heavy atom. The number of hydrogen-bond acceptors (Lipinski definition) is 4. The molecule has 2 aromatic heterocycles. The zero-order valence-corrected chi connectivity index (χ0v) is 15.6. The standard InChI is InChI=1S/C22H27N5/c23-12-16-10-14(16)9-15-8-13-4-3-5-17(24)22(13)27-20(15)11-21-25-18-6-1-2-7-19(18)26-21/h1-2,6-8,14,16-17H,3-5,9-12,23-24H2,(H,25,26)/t14-,16+,17+/m1/s1. The van der Waals surface area contributed by atoms with E-state index in [1.165, 1.54) is 17.5 Å². The molecule has 2 aliphatic rings. The first-order valence-corrected chi connectivity index (χ1v) is 10.1. The van der Waals surface area contributed by atoms with Gasteiger partial charge >= 0.3 is 0 Å². The minimum atomic E-state index is 0.0648. The molecule has 5 nitrogen and oxygen atoms in total. The van der Waals surface area contributed by atoms with Gasteiger partial charge in [-0.15, -0.1) is 0 Å². The van der Waals surface area contributed by atoms with E-state index in [2.05, 4.69) is 17.1 Å². The highest BCUT2D eigenvalue weighted by atomic mass is 14.9. The van der Waals surface area contributed by atoms with Crippen molar-refractivity contribution in [3.05, 3.63) is 58.7 Å². The van der Waals surface area contributed by atoms with Crippen molar-refractivity contribution in [1.29, 1.82) is 0 Å². The van der Waals surface area contributed by atoms with Gasteiger partial charge in [-0.05, 0) is 73.7 Å². The maximum atomic E-state index is 6.37. The van der Waals surface area contributed by atoms with Crippen molar-refractivity contribution in [3.63, 3.8) is 0 Å². The molecule has 0 aliphatic heterocycles. The SMILES string of the molecule is NC[C@@H]1C[C@H]1Cc1cc2c(nc1Cc1nc3ccccc3[nH]1)[C@@H](N)CCC2. The number of nitrogens with two attached hydrogens (primary N) is 2. The molecule has 1 aromatic carbocycles. The van der Waals surface area contributed by atoms with E-state index >= 15 is 0 Å². The number of aryl methyl sites for hydroxylation is 1. The summed E-state index contributed by atoms with van der Waals surface area (Å²) in [5, 5.41) is 0. The molecule has 2 heterocycles. The van der Waals surface area contributed by atoms with Gasteiger partial charge in [0.25, 0.3) is 0 Å². The number of H-pyrrole nitrogens is 1. The molecular weight excluding hydrogens is 334 g/mol. The molecule has 3 atom stereocenters. The zero-order valence-electron chi connectivity index (χ0n) is 15.6. The van der Waals surface area contributed by atoms with Crippen LogP contribution in [0.15, 0.2) is 30.3 Å². The molecule has 5 N–H and O–H groups in total. The number of fused-ring (bicyclic) bond motifs is 2. The van der Waals surface area contributed by atoms with Crippen molar-refractivity contribution >= 4 is 11.0 Å². The fraction of sp³-hybridized carbons (Fsp3) is 0.455. The van der Waals surface area contributed by atoms with Crippen LogP contribution in [0.2, 0.25) is 0 Å². The number of imidazole rings is 1. The number of benzene rings is 1. The first-order chi connectivity index (χ1) is 13.2. The molecule has 0 bridgehead atoms. The number of nitrogens with one attached hydrogen (secondary N) is 1. The largest absolute Gasteiger partial charge is 0.342 e. The van der Waals surface area contributed by atoms with Crippen LogP contribution in [0.4, 0.5) is 0 Å². The highest BCUT2D eigenvalue weighted by Crippen LogP contribution is 2.41. The Hall–Kier alpha value is -2.24. The van der Waals surface area contributed by atoms with E-state index in [1.807, 2.05) is 18.2 Å². The third-order valence-corrected chi connectivity index (χ3v) is 6.24. The lowest BCUT2D eigenvalue weighted by molar-refractivity contribution is 0.549. The van der Waals surface area contributed by atoms with Crippen molar-refractivity contribution < 1.29 is 0 Å². The van der Waals surface area contributed by atoms with Crippen LogP contribution in [0.3, 0.4) is 0 Å². The predicted molar refractivity (Wildman–Crippen MR) is 107 cm³/mol. The summed E-state index contributed by atoms with van der Waals surface area (Å²) < 4.78 is 0. The number of pyridine rings is 1. The summed E-state index contributed by atoms with van der Waals surface area (Å²) in [4.78, 5) is 13.3. The molecule has 2 aliphatic carbocycles. The van der Waals surface area contributed by atoms with E-state index in [1.54, 1.807) is 0 Å². The molecule has 5 heteroatoms. The normalized spacial score (nSPS) is 24.1. The highest BCUT2D eigenvalue weighted by Gasteiger charge is 2.36. The monoisotopic (exact) mass is 361 g/mol. The summed E-state index contributed by atoms with van der Waals surface area (Å²) in [7, 11) is 0. The first kappa shape index (κ1) is 16.9. The quantitative estimate of drug-likeness (QED) is 0.651. The Morgan fingerprint density at radius 1 is 1.15 bits per heavy atom. The maximum Gasteiger partial charge on any atom is 0.113 e. The Bertz CT molecular complexity index is 943. The third kappa shape index (κ3) is 3.26. The Morgan fingerprint density at radius 3 is 2.85 bits per heavy atom. The second kappa shape index (κ2) is 6.73. The van der Waals surface area contributed by atoms with Crippen molar-refractivity contribution in [1.82, 2.24) is 15.0 Å². The Labute approximate surface area is 159 Å². The zero-order chi connectivity index (χ0) is 18.4. The van der Waals surface area contributed by atoms with Crippen molar-refractivity contribution in [2.24, 2.45) is 23.3 Å². The number of nitrogens with zero attached hydrogens (tertiary/aromatic N) is 2. The van der Waals surface area contributed by atoms with Crippen LogP contribution in [0.5, 0.6) is 0 Å². The molecule has 0 spiro atoms. The van der Waals surface area contributed by atoms with E-state index in [0.717, 1.165) is 66.9 Å². The maximum absolute atomic E-state index is 6.37. The van der Waals surface area contributed by atoms with E-state index in [0.29, 0.717) is 11.8 Å². The molecule has 5 rings (SSSR count). The summed E-state index contributed by atoms with van der Waals surface area (Å²) in [6.45, 7) is 0.798. The number of hydrogen-bond donors (Lipinski definition) is 3. The van der Waals surface area contributed by atoms with Gasteiger partial charge in [-0.1, -0.05) is 18.2 Å². The summed E-state index contributed by atoms with van der Waals surface area (Å²) >= 11 is 0. The van der Waals surface area contributed by atoms with Gasteiger partial charge in [0, 0.05) is 12.5 Å².